The highest BCUT2D eigenvalue weighted by molar-refractivity contribution is 5.81. The smallest absolute Gasteiger partial charge is 0.345 e. The van der Waals surface area contributed by atoms with Crippen molar-refractivity contribution in [1.29, 1.82) is 0 Å². The highest BCUT2D eigenvalue weighted by Gasteiger charge is 2.53. The van der Waals surface area contributed by atoms with E-state index in [0.717, 1.165) is 0 Å². The van der Waals surface area contributed by atoms with E-state index in [1.165, 1.54) is 0 Å². The third-order valence-corrected chi connectivity index (χ3v) is 2.39. The quantitative estimate of drug-likeness (QED) is 0.394. The van der Waals surface area contributed by atoms with Crippen LogP contribution in [-0.2, 0) is 19.3 Å². The molecule has 0 N–H and O–H groups in total. The summed E-state index contributed by atoms with van der Waals surface area (Å²) in [5.41, 5.74) is -1.67. The summed E-state index contributed by atoms with van der Waals surface area (Å²) >= 11 is 0. The van der Waals surface area contributed by atoms with E-state index in [4.69, 9.17) is 9.62 Å². The fraction of sp³-hybridized carbons (Fsp3) is 0.700. The molecule has 0 aliphatic carbocycles. The Hall–Kier alpha value is -0.870. The summed E-state index contributed by atoms with van der Waals surface area (Å²) in [6.45, 7) is 10.5. The first-order valence-corrected chi connectivity index (χ1v) is 4.53. The molecule has 2 atom stereocenters. The van der Waals surface area contributed by atoms with Crippen molar-refractivity contribution in [2.24, 2.45) is 0 Å². The molecule has 14 heavy (non-hydrogen) atoms. The van der Waals surface area contributed by atoms with Gasteiger partial charge in [-0.2, -0.15) is 0 Å². The van der Waals surface area contributed by atoms with Gasteiger partial charge in [0.25, 0.3) is 0 Å². The van der Waals surface area contributed by atoms with Crippen molar-refractivity contribution in [2.45, 2.75) is 45.0 Å². The Labute approximate surface area is 83.8 Å². The molecule has 1 fully saturated rings. The van der Waals surface area contributed by atoms with E-state index in [9.17, 15) is 4.79 Å². The largest absolute Gasteiger partial charge is 0.453 e. The maximum atomic E-state index is 11.7. The molecule has 1 rings (SSSR count). The second-order valence-corrected chi connectivity index (χ2v) is 4.13. The predicted molar refractivity (Wildman–Crippen MR) is 50.4 cm³/mol. The van der Waals surface area contributed by atoms with E-state index in [-0.39, 0.29) is 6.10 Å². The van der Waals surface area contributed by atoms with Crippen molar-refractivity contribution in [1.82, 2.24) is 0 Å². The Kier molecular flexibility index (Phi) is 2.69. The van der Waals surface area contributed by atoms with Gasteiger partial charge in [-0.25, -0.2) is 14.6 Å². The number of esters is 1. The molecule has 1 aliphatic heterocycles. The van der Waals surface area contributed by atoms with Crippen molar-refractivity contribution in [3.8, 4) is 0 Å². The van der Waals surface area contributed by atoms with Crippen molar-refractivity contribution < 1.29 is 19.3 Å². The lowest BCUT2D eigenvalue weighted by molar-refractivity contribution is -0.488. The number of carbonyl (C=O) groups excluding carboxylic acids is 1. The van der Waals surface area contributed by atoms with Crippen LogP contribution >= 0.6 is 0 Å². The molecule has 1 saturated heterocycles. The number of hydrogen-bond acceptors (Lipinski definition) is 4. The Morgan fingerprint density at radius 1 is 1.64 bits per heavy atom. The van der Waals surface area contributed by atoms with Crippen LogP contribution in [0.25, 0.3) is 0 Å². The van der Waals surface area contributed by atoms with E-state index in [2.05, 4.69) is 11.5 Å². The maximum Gasteiger partial charge on any atom is 0.345 e. The van der Waals surface area contributed by atoms with Crippen LogP contribution in [0, 0.1) is 0 Å². The lowest BCUT2D eigenvalue weighted by Gasteiger charge is -2.41. The monoisotopic (exact) mass is 200 g/mol. The van der Waals surface area contributed by atoms with Crippen LogP contribution in [0.3, 0.4) is 0 Å². The Morgan fingerprint density at radius 3 is 2.50 bits per heavy atom. The number of hydrogen-bond donors (Lipinski definition) is 0. The van der Waals surface area contributed by atoms with E-state index in [1.807, 2.05) is 0 Å². The molecule has 0 aromatic heterocycles. The van der Waals surface area contributed by atoms with Gasteiger partial charge in [0, 0.05) is 0 Å². The Balaban J connectivity index is 2.63. The molecule has 2 unspecified atom stereocenters. The topological polar surface area (TPSA) is 44.8 Å². The van der Waals surface area contributed by atoms with Gasteiger partial charge in [-0.3, -0.25) is 0 Å². The molecule has 4 heteroatoms. The maximum absolute atomic E-state index is 11.7. The van der Waals surface area contributed by atoms with Gasteiger partial charge in [-0.1, -0.05) is 6.58 Å². The molecule has 4 nitrogen and oxygen atoms in total. The highest BCUT2D eigenvalue weighted by atomic mass is 17.3. The standard InChI is InChI=1S/C10H16O4/c1-6-9(3,4)12-8(11)10(5)7(2)13-14-10/h6-7H,1H2,2-5H3. The van der Waals surface area contributed by atoms with Gasteiger partial charge in [0.05, 0.1) is 0 Å². The molecule has 0 radical (unpaired) electrons. The molecule has 1 heterocycles. The van der Waals surface area contributed by atoms with E-state index >= 15 is 0 Å². The van der Waals surface area contributed by atoms with Crippen molar-refractivity contribution >= 4 is 5.97 Å². The minimum atomic E-state index is -0.986. The zero-order valence-electron chi connectivity index (χ0n) is 8.99. The fourth-order valence-corrected chi connectivity index (χ4v) is 0.871. The third kappa shape index (κ3) is 1.81. The second-order valence-electron chi connectivity index (χ2n) is 4.13. The molecule has 1 aliphatic rings. The van der Waals surface area contributed by atoms with Gasteiger partial charge in [-0.15, -0.1) is 0 Å². The summed E-state index contributed by atoms with van der Waals surface area (Å²) in [5, 5.41) is 0. The van der Waals surface area contributed by atoms with Crippen LogP contribution in [0.5, 0.6) is 0 Å². The zero-order valence-corrected chi connectivity index (χ0v) is 8.99. The van der Waals surface area contributed by atoms with E-state index in [0.29, 0.717) is 0 Å². The summed E-state index contributed by atoms with van der Waals surface area (Å²) < 4.78 is 5.20. The van der Waals surface area contributed by atoms with Crippen LogP contribution in [-0.4, -0.2) is 23.3 Å². The van der Waals surface area contributed by atoms with Gasteiger partial charge < -0.3 is 4.74 Å². The summed E-state index contributed by atoms with van der Waals surface area (Å²) in [6.07, 6.45) is 1.29. The molecule has 0 aromatic rings. The zero-order chi connectivity index (χ0) is 11.0. The summed E-state index contributed by atoms with van der Waals surface area (Å²) in [6, 6.07) is 0. The van der Waals surface area contributed by atoms with Crippen LogP contribution in [0.1, 0.15) is 27.7 Å². The first-order chi connectivity index (χ1) is 6.32. The summed E-state index contributed by atoms with van der Waals surface area (Å²) in [7, 11) is 0. The van der Waals surface area contributed by atoms with Crippen LogP contribution < -0.4 is 0 Å². The van der Waals surface area contributed by atoms with Crippen molar-refractivity contribution in [3.63, 3.8) is 0 Å². The molecule has 80 valence electrons. The first-order valence-electron chi connectivity index (χ1n) is 4.53. The molecule has 0 spiro atoms. The SMILES string of the molecule is C=CC(C)(C)OC(=O)C1(C)OOC1C. The van der Waals surface area contributed by atoms with Crippen molar-refractivity contribution in [3.05, 3.63) is 12.7 Å². The van der Waals surface area contributed by atoms with E-state index in [1.54, 1.807) is 33.8 Å². The molecule has 0 bridgehead atoms. The molecular weight excluding hydrogens is 184 g/mol. The number of carbonyl (C=O) groups is 1. The van der Waals surface area contributed by atoms with E-state index < -0.39 is 17.2 Å². The number of ether oxygens (including phenoxy) is 1. The average Bonchev–Trinajstić information content (AvgIpc) is 2.13. The second kappa shape index (κ2) is 3.37. The van der Waals surface area contributed by atoms with Gasteiger partial charge in [0.15, 0.2) is 0 Å². The lowest BCUT2D eigenvalue weighted by Crippen LogP contribution is -2.59. The third-order valence-electron chi connectivity index (χ3n) is 2.39. The van der Waals surface area contributed by atoms with Gasteiger partial charge >= 0.3 is 5.97 Å². The summed E-state index contributed by atoms with van der Waals surface area (Å²) in [4.78, 5) is 21.1. The normalized spacial score (nSPS) is 31.9. The van der Waals surface area contributed by atoms with Gasteiger partial charge in [0.1, 0.15) is 11.7 Å². The fourth-order valence-electron chi connectivity index (χ4n) is 0.871. The van der Waals surface area contributed by atoms with Gasteiger partial charge in [-0.05, 0) is 33.8 Å². The first kappa shape index (κ1) is 11.2. The lowest BCUT2D eigenvalue weighted by atomic mass is 9.98. The van der Waals surface area contributed by atoms with Crippen LogP contribution in [0.4, 0.5) is 0 Å². The minimum Gasteiger partial charge on any atom is -0.453 e. The van der Waals surface area contributed by atoms with Gasteiger partial charge in [0.2, 0.25) is 5.60 Å². The van der Waals surface area contributed by atoms with Crippen LogP contribution in [0.15, 0.2) is 12.7 Å². The minimum absolute atomic E-state index is 0.282. The Morgan fingerprint density at radius 2 is 2.21 bits per heavy atom. The summed E-state index contributed by atoms with van der Waals surface area (Å²) in [5.74, 6) is -0.429. The molecule has 0 aromatic carbocycles. The van der Waals surface area contributed by atoms with Crippen LogP contribution in [0.2, 0.25) is 0 Å². The molecule has 0 saturated carbocycles. The predicted octanol–water partition coefficient (Wildman–Crippen LogP) is 1.60. The Bertz CT molecular complexity index is 259. The van der Waals surface area contributed by atoms with Crippen molar-refractivity contribution in [2.75, 3.05) is 0 Å². The molecule has 0 amide bonds. The number of rotatable bonds is 3. The average molecular weight is 200 g/mol. The molecular formula is C10H16O4. The highest BCUT2D eigenvalue weighted by Crippen LogP contribution is 2.32.